The molecule has 3 nitrogen and oxygen atoms in total. The molecule has 1 aromatic heterocycles. The fourth-order valence-electron chi connectivity index (χ4n) is 1.24. The minimum atomic E-state index is -0.815. The average Bonchev–Trinajstić information content (AvgIpc) is 1.81. The summed E-state index contributed by atoms with van der Waals surface area (Å²) in [5.74, 6) is -0.815. The monoisotopic (exact) mass is 166 g/mol. The van der Waals surface area contributed by atoms with Crippen LogP contribution in [0.3, 0.4) is 0 Å². The van der Waals surface area contributed by atoms with Gasteiger partial charge in [-0.1, -0.05) is 0 Å². The maximum atomic E-state index is 10.4. The van der Waals surface area contributed by atoms with Crippen molar-refractivity contribution in [1.29, 1.82) is 0 Å². The van der Waals surface area contributed by atoms with Gasteiger partial charge in [-0.3, -0.25) is 0 Å². The third kappa shape index (κ3) is 2.34. The molecule has 12 heavy (non-hydrogen) atoms. The van der Waals surface area contributed by atoms with Crippen LogP contribution in [0.1, 0.15) is 11.1 Å². The highest BCUT2D eigenvalue weighted by molar-refractivity contribution is 5.64. The van der Waals surface area contributed by atoms with Gasteiger partial charge in [0.2, 0.25) is 6.54 Å². The largest absolute Gasteiger partial charge is 0.477 e. The molecule has 0 aliphatic heterocycles. The van der Waals surface area contributed by atoms with Gasteiger partial charge in [-0.05, 0) is 19.9 Å². The smallest absolute Gasteiger partial charge is 0.370 e. The fraction of sp³-hybridized carbons (Fsp3) is 0.333. The maximum absolute atomic E-state index is 10.4. The number of aromatic nitrogens is 1. The van der Waals surface area contributed by atoms with E-state index in [4.69, 9.17) is 5.11 Å². The summed E-state index contributed by atoms with van der Waals surface area (Å²) < 4.78 is 1.67. The molecule has 0 radical (unpaired) electrons. The molecule has 1 rings (SSSR count). The first-order valence-corrected chi connectivity index (χ1v) is 3.77. The molecule has 0 spiro atoms. The van der Waals surface area contributed by atoms with E-state index in [1.807, 2.05) is 32.3 Å². The third-order valence-corrected chi connectivity index (χ3v) is 1.51. The van der Waals surface area contributed by atoms with Crippen molar-refractivity contribution in [2.24, 2.45) is 0 Å². The molecule has 0 atom stereocenters. The van der Waals surface area contributed by atoms with Crippen molar-refractivity contribution >= 4 is 5.97 Å². The molecule has 64 valence electrons. The van der Waals surface area contributed by atoms with Gasteiger partial charge >= 0.3 is 5.97 Å². The van der Waals surface area contributed by atoms with Crippen molar-refractivity contribution in [1.82, 2.24) is 0 Å². The summed E-state index contributed by atoms with van der Waals surface area (Å²) in [6, 6.07) is 2.01. The minimum Gasteiger partial charge on any atom is -0.477 e. The molecule has 1 heterocycles. The SMILES string of the molecule is Cc1cc(C)c[n+](CC(=O)O)c1. The zero-order valence-electron chi connectivity index (χ0n) is 7.24. The first-order chi connectivity index (χ1) is 5.58. The quantitative estimate of drug-likeness (QED) is 0.656. The Kier molecular flexibility index (Phi) is 2.43. The molecule has 0 unspecified atom stereocenters. The number of carboxylic acid groups (broad SMARTS) is 1. The number of carboxylic acids is 1. The van der Waals surface area contributed by atoms with Crippen molar-refractivity contribution in [3.63, 3.8) is 0 Å². The summed E-state index contributed by atoms with van der Waals surface area (Å²) in [6.45, 7) is 3.93. The Morgan fingerprint density at radius 2 is 1.92 bits per heavy atom. The van der Waals surface area contributed by atoms with E-state index in [2.05, 4.69) is 0 Å². The summed E-state index contributed by atoms with van der Waals surface area (Å²) in [7, 11) is 0. The topological polar surface area (TPSA) is 41.2 Å². The first kappa shape index (κ1) is 8.71. The highest BCUT2D eigenvalue weighted by Crippen LogP contribution is 1.96. The number of hydrogen-bond donors (Lipinski definition) is 1. The zero-order chi connectivity index (χ0) is 9.14. The molecule has 0 fully saturated rings. The summed E-state index contributed by atoms with van der Waals surface area (Å²) in [5, 5.41) is 8.53. The molecule has 0 aliphatic rings. The van der Waals surface area contributed by atoms with Crippen molar-refractivity contribution in [2.45, 2.75) is 20.4 Å². The van der Waals surface area contributed by atoms with Gasteiger partial charge < -0.3 is 5.11 Å². The summed E-state index contributed by atoms with van der Waals surface area (Å²) in [4.78, 5) is 10.4. The van der Waals surface area contributed by atoms with Crippen LogP contribution in [-0.2, 0) is 11.3 Å². The first-order valence-electron chi connectivity index (χ1n) is 3.77. The fourth-order valence-corrected chi connectivity index (χ4v) is 1.24. The standard InChI is InChI=1S/C9H11NO2/c1-7-3-8(2)5-10(4-7)6-9(11)12/h3-5H,6H2,1-2H3/p+1. The molecule has 0 bridgehead atoms. The molecule has 1 aromatic rings. The minimum absolute atomic E-state index is 0.0303. The van der Waals surface area contributed by atoms with Gasteiger partial charge in [0.05, 0.1) is 0 Å². The summed E-state index contributed by atoms with van der Waals surface area (Å²) >= 11 is 0. The molecular formula is C9H12NO2+. The number of aliphatic carboxylic acids is 1. The van der Waals surface area contributed by atoms with Crippen LogP contribution in [0, 0.1) is 13.8 Å². The second-order valence-corrected chi connectivity index (χ2v) is 2.96. The van der Waals surface area contributed by atoms with Crippen LogP contribution in [0.4, 0.5) is 0 Å². The lowest BCUT2D eigenvalue weighted by molar-refractivity contribution is -0.686. The van der Waals surface area contributed by atoms with Crippen LogP contribution in [0.15, 0.2) is 18.5 Å². The van der Waals surface area contributed by atoms with Crippen molar-refractivity contribution in [3.8, 4) is 0 Å². The molecule has 0 saturated heterocycles. The van der Waals surface area contributed by atoms with Crippen LogP contribution < -0.4 is 4.57 Å². The number of rotatable bonds is 2. The number of hydrogen-bond acceptors (Lipinski definition) is 1. The van der Waals surface area contributed by atoms with Gasteiger partial charge in [0.15, 0.2) is 12.4 Å². The van der Waals surface area contributed by atoms with Crippen molar-refractivity contribution in [2.75, 3.05) is 0 Å². The molecule has 0 aromatic carbocycles. The molecule has 3 heteroatoms. The van der Waals surface area contributed by atoms with Gasteiger partial charge in [-0.25, -0.2) is 4.79 Å². The summed E-state index contributed by atoms with van der Waals surface area (Å²) in [6.07, 6.45) is 3.64. The lowest BCUT2D eigenvalue weighted by Crippen LogP contribution is -2.37. The van der Waals surface area contributed by atoms with Gasteiger partial charge in [0.1, 0.15) is 0 Å². The Hall–Kier alpha value is -1.38. The van der Waals surface area contributed by atoms with Gasteiger partial charge in [-0.15, -0.1) is 0 Å². The maximum Gasteiger partial charge on any atom is 0.370 e. The van der Waals surface area contributed by atoms with Crippen LogP contribution >= 0.6 is 0 Å². The third-order valence-electron chi connectivity index (χ3n) is 1.51. The molecule has 1 N–H and O–H groups in total. The Balaban J connectivity index is 2.93. The van der Waals surface area contributed by atoms with Crippen LogP contribution in [0.2, 0.25) is 0 Å². The van der Waals surface area contributed by atoms with Crippen LogP contribution in [0.25, 0.3) is 0 Å². The predicted octanol–water partition coefficient (Wildman–Crippen LogP) is 0.676. The van der Waals surface area contributed by atoms with E-state index >= 15 is 0 Å². The van der Waals surface area contributed by atoms with E-state index in [-0.39, 0.29) is 6.54 Å². The second kappa shape index (κ2) is 3.34. The Bertz CT molecular complexity index is 287. The van der Waals surface area contributed by atoms with E-state index in [9.17, 15) is 4.79 Å². The molecule has 0 aliphatic carbocycles. The molecule has 0 saturated carbocycles. The number of pyridine rings is 1. The van der Waals surface area contributed by atoms with E-state index in [0.29, 0.717) is 0 Å². The lowest BCUT2D eigenvalue weighted by Gasteiger charge is -1.95. The van der Waals surface area contributed by atoms with E-state index in [0.717, 1.165) is 11.1 Å². The molecule has 0 amide bonds. The highest BCUT2D eigenvalue weighted by Gasteiger charge is 2.07. The summed E-state index contributed by atoms with van der Waals surface area (Å²) in [5.41, 5.74) is 2.16. The Morgan fingerprint density at radius 1 is 1.42 bits per heavy atom. The van der Waals surface area contributed by atoms with Gasteiger partial charge in [-0.2, -0.15) is 4.57 Å². The van der Waals surface area contributed by atoms with E-state index in [1.165, 1.54) is 0 Å². The van der Waals surface area contributed by atoms with Crippen LogP contribution in [-0.4, -0.2) is 11.1 Å². The number of carbonyl (C=O) groups is 1. The zero-order valence-corrected chi connectivity index (χ0v) is 7.24. The second-order valence-electron chi connectivity index (χ2n) is 2.96. The number of nitrogens with zero attached hydrogens (tertiary/aromatic N) is 1. The van der Waals surface area contributed by atoms with Gasteiger partial charge in [0.25, 0.3) is 0 Å². The normalized spacial score (nSPS) is 9.83. The Labute approximate surface area is 71.3 Å². The number of aryl methyl sites for hydroxylation is 2. The van der Waals surface area contributed by atoms with E-state index in [1.54, 1.807) is 4.57 Å². The van der Waals surface area contributed by atoms with Crippen LogP contribution in [0.5, 0.6) is 0 Å². The van der Waals surface area contributed by atoms with Gasteiger partial charge in [0, 0.05) is 11.1 Å². The highest BCUT2D eigenvalue weighted by atomic mass is 16.4. The predicted molar refractivity (Wildman–Crippen MR) is 43.7 cm³/mol. The average molecular weight is 166 g/mol. The Morgan fingerprint density at radius 3 is 2.33 bits per heavy atom. The lowest BCUT2D eigenvalue weighted by atomic mass is 10.2. The van der Waals surface area contributed by atoms with Crippen molar-refractivity contribution < 1.29 is 14.5 Å². The van der Waals surface area contributed by atoms with Crippen molar-refractivity contribution in [3.05, 3.63) is 29.6 Å². The molecular weight excluding hydrogens is 154 g/mol. The van der Waals surface area contributed by atoms with E-state index < -0.39 is 5.97 Å².